The summed E-state index contributed by atoms with van der Waals surface area (Å²) in [6, 6.07) is 0. The Morgan fingerprint density at radius 2 is 2.00 bits per heavy atom. The van der Waals surface area contributed by atoms with E-state index in [0.29, 0.717) is 0 Å². The molecule has 0 saturated carbocycles. The Morgan fingerprint density at radius 3 is 2.00 bits per heavy atom. The molecular weight excluding hydrogens is 156 g/mol. The van der Waals surface area contributed by atoms with Gasteiger partial charge in [-0.25, -0.2) is 0 Å². The molecule has 54 valence electrons. The first-order valence-electron chi connectivity index (χ1n) is 2.49. The van der Waals surface area contributed by atoms with Gasteiger partial charge in [-0.3, -0.25) is 4.79 Å². The second kappa shape index (κ2) is 2.84. The molecule has 2 nitrogen and oxygen atoms in total. The van der Waals surface area contributed by atoms with Gasteiger partial charge in [-0.15, -0.1) is 0 Å². The molecule has 0 aliphatic carbocycles. The second-order valence-electron chi connectivity index (χ2n) is 2.39. The summed E-state index contributed by atoms with van der Waals surface area (Å²) in [5, 5.41) is 7.68. The molecule has 0 rings (SSSR count). The Bertz CT molecular complexity index is 117. The number of hydrogen-bond donors (Lipinski definition) is 3. The van der Waals surface area contributed by atoms with Crippen LogP contribution in [0.3, 0.4) is 0 Å². The second-order valence-corrected chi connectivity index (χ2v) is 4.06. The molecule has 0 aromatic rings. The molecule has 0 aliphatic rings. The average Bonchev–Trinajstić information content (AvgIpc) is 1.62. The van der Waals surface area contributed by atoms with E-state index < -0.39 is 16.0 Å². The van der Waals surface area contributed by atoms with Gasteiger partial charge < -0.3 is 5.11 Å². The number of carboxylic acids is 1. The van der Waals surface area contributed by atoms with Crippen molar-refractivity contribution in [3.63, 3.8) is 0 Å². The first kappa shape index (κ1) is 9.17. The van der Waals surface area contributed by atoms with Crippen LogP contribution in [0.1, 0.15) is 13.8 Å². The molecular formula is C5H10O2S2. The van der Waals surface area contributed by atoms with E-state index in [4.69, 9.17) is 5.11 Å². The van der Waals surface area contributed by atoms with Crippen LogP contribution in [0.4, 0.5) is 0 Å². The van der Waals surface area contributed by atoms with Crippen LogP contribution >= 0.6 is 25.3 Å². The van der Waals surface area contributed by atoms with Gasteiger partial charge >= 0.3 is 5.97 Å². The topological polar surface area (TPSA) is 37.3 Å². The lowest BCUT2D eigenvalue weighted by molar-refractivity contribution is -0.136. The van der Waals surface area contributed by atoms with Gasteiger partial charge in [-0.05, 0) is 13.8 Å². The molecule has 0 aliphatic heterocycles. The van der Waals surface area contributed by atoms with Crippen molar-refractivity contribution in [1.82, 2.24) is 0 Å². The molecule has 0 bridgehead atoms. The number of rotatable bonds is 2. The van der Waals surface area contributed by atoms with Crippen LogP contribution in [0.2, 0.25) is 0 Å². The molecule has 0 radical (unpaired) electrons. The third-order valence-electron chi connectivity index (χ3n) is 0.903. The van der Waals surface area contributed by atoms with Crippen molar-refractivity contribution in [1.29, 1.82) is 0 Å². The zero-order valence-electron chi connectivity index (χ0n) is 5.33. The van der Waals surface area contributed by atoms with Crippen molar-refractivity contribution in [2.24, 2.45) is 0 Å². The van der Waals surface area contributed by atoms with Gasteiger partial charge in [0.2, 0.25) is 0 Å². The van der Waals surface area contributed by atoms with Crippen LogP contribution in [0.15, 0.2) is 0 Å². The minimum absolute atomic E-state index is 0.561. The standard InChI is InChI=1S/C5H10O2S2/c1-5(2,9)3(8)4(6)7/h3,8-9H,1-2H3,(H,6,7). The van der Waals surface area contributed by atoms with Crippen molar-refractivity contribution < 1.29 is 9.90 Å². The summed E-state index contributed by atoms with van der Waals surface area (Å²) in [7, 11) is 0. The zero-order valence-corrected chi connectivity index (χ0v) is 7.12. The van der Waals surface area contributed by atoms with Crippen molar-refractivity contribution in [3.8, 4) is 0 Å². The summed E-state index contributed by atoms with van der Waals surface area (Å²) in [5.41, 5.74) is 0. The Kier molecular flexibility index (Phi) is 2.89. The van der Waals surface area contributed by atoms with Gasteiger partial charge in [0, 0.05) is 4.75 Å². The van der Waals surface area contributed by atoms with Crippen molar-refractivity contribution in [2.75, 3.05) is 0 Å². The van der Waals surface area contributed by atoms with Crippen LogP contribution < -0.4 is 0 Å². The molecule has 0 aromatic heterocycles. The summed E-state index contributed by atoms with van der Waals surface area (Å²) in [6.07, 6.45) is 0. The van der Waals surface area contributed by atoms with E-state index in [-0.39, 0.29) is 0 Å². The van der Waals surface area contributed by atoms with Crippen LogP contribution in [0, 0.1) is 0 Å². The van der Waals surface area contributed by atoms with Crippen LogP contribution in [-0.2, 0) is 4.79 Å². The summed E-state index contributed by atoms with van der Waals surface area (Å²) >= 11 is 7.86. The van der Waals surface area contributed by atoms with E-state index in [9.17, 15) is 4.79 Å². The molecule has 1 atom stereocenters. The summed E-state index contributed by atoms with van der Waals surface area (Å²) in [5.74, 6) is -0.932. The molecule has 0 heterocycles. The minimum Gasteiger partial charge on any atom is -0.480 e. The fourth-order valence-electron chi connectivity index (χ4n) is 0.302. The van der Waals surface area contributed by atoms with Gasteiger partial charge in [0.15, 0.2) is 0 Å². The maximum atomic E-state index is 10.2. The smallest absolute Gasteiger partial charge is 0.317 e. The number of carbonyl (C=O) groups is 1. The van der Waals surface area contributed by atoms with Gasteiger partial charge in [-0.1, -0.05) is 0 Å². The molecule has 1 unspecified atom stereocenters. The highest BCUT2D eigenvalue weighted by Gasteiger charge is 2.28. The zero-order chi connectivity index (χ0) is 7.65. The van der Waals surface area contributed by atoms with Crippen LogP contribution in [-0.4, -0.2) is 21.1 Å². The molecule has 0 fully saturated rings. The highest BCUT2D eigenvalue weighted by molar-refractivity contribution is 7.86. The minimum atomic E-state index is -0.932. The lowest BCUT2D eigenvalue weighted by Gasteiger charge is -2.20. The van der Waals surface area contributed by atoms with E-state index in [1.165, 1.54) is 0 Å². The third kappa shape index (κ3) is 3.01. The van der Waals surface area contributed by atoms with Crippen molar-refractivity contribution in [2.45, 2.75) is 23.8 Å². The maximum Gasteiger partial charge on any atom is 0.317 e. The predicted molar refractivity (Wildman–Crippen MR) is 43.5 cm³/mol. The molecule has 0 saturated heterocycles. The lowest BCUT2D eigenvalue weighted by atomic mass is 10.1. The van der Waals surface area contributed by atoms with Crippen LogP contribution in [0.5, 0.6) is 0 Å². The van der Waals surface area contributed by atoms with E-state index in [2.05, 4.69) is 25.3 Å². The lowest BCUT2D eigenvalue weighted by Crippen LogP contribution is -2.32. The normalized spacial score (nSPS) is 15.1. The SMILES string of the molecule is CC(C)(S)C(S)C(=O)O. The number of thiol groups is 2. The van der Waals surface area contributed by atoms with Gasteiger partial charge in [-0.2, -0.15) is 25.3 Å². The Hall–Kier alpha value is 0.170. The Balaban J connectivity index is 4.04. The van der Waals surface area contributed by atoms with E-state index in [1.54, 1.807) is 13.8 Å². The molecule has 0 amide bonds. The monoisotopic (exact) mass is 166 g/mol. The predicted octanol–water partition coefficient (Wildman–Crippen LogP) is 1.08. The van der Waals surface area contributed by atoms with Gasteiger partial charge in [0.1, 0.15) is 5.25 Å². The molecule has 4 heteroatoms. The van der Waals surface area contributed by atoms with E-state index in [1.807, 2.05) is 0 Å². The summed E-state index contributed by atoms with van der Waals surface area (Å²) in [4.78, 5) is 10.2. The maximum absolute atomic E-state index is 10.2. The molecule has 9 heavy (non-hydrogen) atoms. The number of aliphatic carboxylic acids is 1. The highest BCUT2D eigenvalue weighted by Crippen LogP contribution is 2.21. The summed E-state index contributed by atoms with van der Waals surface area (Å²) < 4.78 is -0.561. The Morgan fingerprint density at radius 1 is 1.67 bits per heavy atom. The first-order valence-corrected chi connectivity index (χ1v) is 3.45. The fraction of sp³-hybridized carbons (Fsp3) is 0.800. The average molecular weight is 166 g/mol. The quantitative estimate of drug-likeness (QED) is 0.537. The van der Waals surface area contributed by atoms with Crippen molar-refractivity contribution >= 4 is 31.2 Å². The third-order valence-corrected chi connectivity index (χ3v) is 2.23. The van der Waals surface area contributed by atoms with Crippen molar-refractivity contribution in [3.05, 3.63) is 0 Å². The van der Waals surface area contributed by atoms with Gasteiger partial charge in [0.05, 0.1) is 0 Å². The molecule has 0 spiro atoms. The fourth-order valence-corrected chi connectivity index (χ4v) is 0.413. The van der Waals surface area contributed by atoms with E-state index in [0.717, 1.165) is 0 Å². The largest absolute Gasteiger partial charge is 0.480 e. The van der Waals surface area contributed by atoms with Crippen LogP contribution in [0.25, 0.3) is 0 Å². The van der Waals surface area contributed by atoms with E-state index >= 15 is 0 Å². The highest BCUT2D eigenvalue weighted by atomic mass is 32.1. The number of carboxylic acid groups (broad SMARTS) is 1. The number of hydrogen-bond acceptors (Lipinski definition) is 3. The summed E-state index contributed by atoms with van der Waals surface area (Å²) in [6.45, 7) is 3.42. The Labute approximate surface area is 65.5 Å². The molecule has 1 N–H and O–H groups in total. The molecule has 0 aromatic carbocycles. The van der Waals surface area contributed by atoms with Gasteiger partial charge in [0.25, 0.3) is 0 Å². The first-order chi connectivity index (χ1) is 3.85.